The maximum Gasteiger partial charge on any atom is 0.336 e. The van der Waals surface area contributed by atoms with Crippen LogP contribution in [-0.2, 0) is 11.2 Å². The van der Waals surface area contributed by atoms with Crippen LogP contribution in [-0.4, -0.2) is 39.7 Å². The Hall–Kier alpha value is -3.36. The Morgan fingerprint density at radius 3 is 2.34 bits per heavy atom. The van der Waals surface area contributed by atoms with Crippen molar-refractivity contribution in [3.63, 3.8) is 0 Å². The first-order valence-corrected chi connectivity index (χ1v) is 11.5. The maximum absolute atomic E-state index is 13.5. The number of nitrogens with zero attached hydrogens (tertiary/aromatic N) is 3. The molecule has 32 heavy (non-hydrogen) atoms. The van der Waals surface area contributed by atoms with E-state index in [2.05, 4.69) is 8.75 Å². The number of benzene rings is 2. The molecule has 0 aliphatic heterocycles. The van der Waals surface area contributed by atoms with Crippen molar-refractivity contribution in [3.8, 4) is 0 Å². The average Bonchev–Trinajstić information content (AvgIpc) is 3.41. The highest BCUT2D eigenvalue weighted by Crippen LogP contribution is 2.29. The number of carboxylic acids is 1. The lowest BCUT2D eigenvalue weighted by molar-refractivity contribution is -0.130. The topological polar surface area (TPSA) is 83.4 Å². The van der Waals surface area contributed by atoms with Gasteiger partial charge in [-0.1, -0.05) is 18.2 Å². The monoisotopic (exact) mass is 463 g/mol. The molecule has 0 atom stereocenters. The lowest BCUT2D eigenvalue weighted by Gasteiger charge is -2.15. The van der Waals surface area contributed by atoms with Gasteiger partial charge in [-0.05, 0) is 59.3 Å². The second-order valence-corrected chi connectivity index (χ2v) is 9.12. The summed E-state index contributed by atoms with van der Waals surface area (Å²) >= 11 is 2.40. The summed E-state index contributed by atoms with van der Waals surface area (Å²) in [7, 11) is 3.91. The van der Waals surface area contributed by atoms with Gasteiger partial charge in [0, 0.05) is 31.8 Å². The van der Waals surface area contributed by atoms with Crippen molar-refractivity contribution < 1.29 is 14.7 Å². The molecule has 0 bridgehead atoms. The van der Waals surface area contributed by atoms with Crippen molar-refractivity contribution in [2.75, 3.05) is 19.0 Å². The molecule has 1 N–H and O–H groups in total. The predicted octanol–water partition coefficient (Wildman–Crippen LogP) is 5.09. The van der Waals surface area contributed by atoms with Gasteiger partial charge in [-0.25, -0.2) is 4.79 Å². The molecule has 0 amide bonds. The van der Waals surface area contributed by atoms with Crippen molar-refractivity contribution >= 4 is 57.1 Å². The van der Waals surface area contributed by atoms with Gasteiger partial charge in [-0.3, -0.25) is 4.79 Å². The molecule has 0 saturated heterocycles. The zero-order valence-corrected chi connectivity index (χ0v) is 19.5. The second kappa shape index (κ2) is 9.02. The van der Waals surface area contributed by atoms with E-state index in [1.165, 1.54) is 11.3 Å². The zero-order valence-electron chi connectivity index (χ0n) is 17.8. The van der Waals surface area contributed by atoms with E-state index in [1.54, 1.807) is 24.3 Å². The van der Waals surface area contributed by atoms with Crippen LogP contribution in [0, 0.1) is 6.92 Å². The van der Waals surface area contributed by atoms with Crippen LogP contribution in [0.3, 0.4) is 0 Å². The van der Waals surface area contributed by atoms with Gasteiger partial charge in [0.2, 0.25) is 0 Å². The van der Waals surface area contributed by atoms with E-state index in [0.717, 1.165) is 28.5 Å². The molecule has 8 heteroatoms. The number of rotatable bonds is 7. The third kappa shape index (κ3) is 4.46. The molecule has 162 valence electrons. The van der Waals surface area contributed by atoms with Gasteiger partial charge < -0.3 is 10.0 Å². The van der Waals surface area contributed by atoms with E-state index in [4.69, 9.17) is 0 Å². The first-order valence-electron chi connectivity index (χ1n) is 9.88. The number of thiophene rings is 1. The SMILES string of the molecule is Cc1csc(C(=O)C(Cc2ccc(N(C)C)cc2)=C(C(=O)O)c2ccc3nsnc3c2)c1. The summed E-state index contributed by atoms with van der Waals surface area (Å²) in [6, 6.07) is 14.7. The van der Waals surface area contributed by atoms with Crippen molar-refractivity contribution in [3.05, 3.63) is 81.1 Å². The Morgan fingerprint density at radius 1 is 1.00 bits per heavy atom. The van der Waals surface area contributed by atoms with Gasteiger partial charge in [-0.2, -0.15) is 8.75 Å². The molecule has 0 radical (unpaired) electrons. The highest BCUT2D eigenvalue weighted by molar-refractivity contribution is 7.12. The minimum absolute atomic E-state index is 0.00682. The summed E-state index contributed by atoms with van der Waals surface area (Å²) in [6.07, 6.45) is 0.207. The van der Waals surface area contributed by atoms with Crippen LogP contribution >= 0.6 is 23.1 Å². The molecular formula is C24H21N3O3S2. The van der Waals surface area contributed by atoms with Crippen molar-refractivity contribution in [2.24, 2.45) is 0 Å². The molecule has 2 aromatic heterocycles. The summed E-state index contributed by atoms with van der Waals surface area (Å²) in [4.78, 5) is 28.5. The smallest absolute Gasteiger partial charge is 0.336 e. The van der Waals surface area contributed by atoms with E-state index in [0.29, 0.717) is 21.5 Å². The number of allylic oxidation sites excluding steroid dienone is 1. The average molecular weight is 464 g/mol. The van der Waals surface area contributed by atoms with Crippen LogP contribution in [0.1, 0.15) is 26.4 Å². The van der Waals surface area contributed by atoms with Crippen LogP contribution in [0.25, 0.3) is 16.6 Å². The fraction of sp³-hybridized carbons (Fsp3) is 0.167. The summed E-state index contributed by atoms with van der Waals surface area (Å²) in [5, 5.41) is 12.1. The van der Waals surface area contributed by atoms with E-state index in [1.807, 2.05) is 55.6 Å². The number of hydrogen-bond donors (Lipinski definition) is 1. The van der Waals surface area contributed by atoms with Crippen LogP contribution in [0.15, 0.2) is 59.5 Å². The maximum atomic E-state index is 13.5. The number of carbonyl (C=O) groups excluding carboxylic acids is 1. The normalized spacial score (nSPS) is 12.0. The van der Waals surface area contributed by atoms with Gasteiger partial charge in [0.05, 0.1) is 22.2 Å². The number of ketones is 1. The van der Waals surface area contributed by atoms with Gasteiger partial charge in [0.25, 0.3) is 0 Å². The first-order chi connectivity index (χ1) is 15.3. The minimum atomic E-state index is -1.14. The van der Waals surface area contributed by atoms with Crippen LogP contribution < -0.4 is 4.90 Å². The fourth-order valence-electron chi connectivity index (χ4n) is 3.46. The van der Waals surface area contributed by atoms with Crippen LogP contribution in [0.5, 0.6) is 0 Å². The summed E-state index contributed by atoms with van der Waals surface area (Å²) in [5.41, 5.74) is 4.86. The number of Topliss-reactive ketones (excluding diaryl/α,β-unsaturated/α-hetero) is 1. The van der Waals surface area contributed by atoms with Crippen molar-refractivity contribution in [1.82, 2.24) is 8.75 Å². The van der Waals surface area contributed by atoms with E-state index >= 15 is 0 Å². The molecule has 0 unspecified atom stereocenters. The molecule has 0 aliphatic rings. The van der Waals surface area contributed by atoms with E-state index in [9.17, 15) is 14.7 Å². The molecule has 4 rings (SSSR count). The third-order valence-corrected chi connectivity index (χ3v) is 6.72. The standard InChI is InChI=1S/C24H21N3O3S2/c1-14-10-21(31-13-14)23(28)18(11-15-4-7-17(8-5-15)27(2)3)22(24(29)30)16-6-9-19-20(12-16)26-32-25-19/h4-10,12-13H,11H2,1-3H3,(H,29,30). The van der Waals surface area contributed by atoms with Gasteiger partial charge in [0.1, 0.15) is 11.0 Å². The zero-order chi connectivity index (χ0) is 22.8. The summed E-state index contributed by atoms with van der Waals surface area (Å²) in [5.74, 6) is -1.41. The Bertz CT molecular complexity index is 1330. The molecule has 6 nitrogen and oxygen atoms in total. The summed E-state index contributed by atoms with van der Waals surface area (Å²) in [6.45, 7) is 1.91. The molecule has 0 aliphatic carbocycles. The number of aliphatic carboxylic acids is 1. The van der Waals surface area contributed by atoms with Crippen LogP contribution in [0.2, 0.25) is 0 Å². The molecule has 0 saturated carbocycles. The predicted molar refractivity (Wildman–Crippen MR) is 130 cm³/mol. The third-order valence-electron chi connectivity index (χ3n) is 5.12. The molecule has 2 heterocycles. The molecule has 2 aromatic carbocycles. The second-order valence-electron chi connectivity index (χ2n) is 7.68. The summed E-state index contributed by atoms with van der Waals surface area (Å²) < 4.78 is 8.41. The molecule has 4 aromatic rings. The highest BCUT2D eigenvalue weighted by Gasteiger charge is 2.25. The number of anilines is 1. The van der Waals surface area contributed by atoms with Crippen molar-refractivity contribution in [2.45, 2.75) is 13.3 Å². The highest BCUT2D eigenvalue weighted by atomic mass is 32.1. The van der Waals surface area contributed by atoms with Gasteiger partial charge in [-0.15, -0.1) is 11.3 Å². The van der Waals surface area contributed by atoms with Gasteiger partial charge >= 0.3 is 5.97 Å². The number of fused-ring (bicyclic) bond motifs is 1. The number of carboxylic acid groups (broad SMARTS) is 1. The van der Waals surface area contributed by atoms with Gasteiger partial charge in [0.15, 0.2) is 5.78 Å². The Labute approximate surface area is 193 Å². The number of aryl methyl sites for hydroxylation is 1. The number of aromatic nitrogens is 2. The minimum Gasteiger partial charge on any atom is -0.478 e. The molecular weight excluding hydrogens is 442 g/mol. The fourth-order valence-corrected chi connectivity index (χ4v) is 4.84. The van der Waals surface area contributed by atoms with E-state index < -0.39 is 5.97 Å². The van der Waals surface area contributed by atoms with Crippen LogP contribution in [0.4, 0.5) is 5.69 Å². The Morgan fingerprint density at radius 2 is 1.72 bits per heavy atom. The lowest BCUT2D eigenvalue weighted by atomic mass is 9.91. The Balaban J connectivity index is 1.87. The number of carbonyl (C=O) groups is 2. The Kier molecular flexibility index (Phi) is 6.16. The first kappa shape index (κ1) is 21.9. The van der Waals surface area contributed by atoms with Crippen molar-refractivity contribution in [1.29, 1.82) is 0 Å². The largest absolute Gasteiger partial charge is 0.478 e. The number of hydrogen-bond acceptors (Lipinski definition) is 7. The lowest BCUT2D eigenvalue weighted by Crippen LogP contribution is -2.13. The molecule has 0 spiro atoms. The quantitative estimate of drug-likeness (QED) is 0.304. The molecule has 0 fully saturated rings. The van der Waals surface area contributed by atoms with E-state index in [-0.39, 0.29) is 23.4 Å².